The van der Waals surface area contributed by atoms with Crippen LogP contribution in [0.2, 0.25) is 0 Å². The van der Waals surface area contributed by atoms with Crippen LogP contribution in [0.4, 0.5) is 10.5 Å². The van der Waals surface area contributed by atoms with Crippen molar-refractivity contribution in [1.82, 2.24) is 4.90 Å². The van der Waals surface area contributed by atoms with E-state index in [-0.39, 0.29) is 17.6 Å². The number of rotatable bonds is 3. The Morgan fingerprint density at radius 1 is 1.16 bits per heavy atom. The van der Waals surface area contributed by atoms with Gasteiger partial charge in [-0.15, -0.1) is 0 Å². The van der Waals surface area contributed by atoms with Crippen molar-refractivity contribution < 1.29 is 28.6 Å². The molecule has 8 nitrogen and oxygen atoms in total. The van der Waals surface area contributed by atoms with Crippen LogP contribution in [0.25, 0.3) is 0 Å². The first kappa shape index (κ1) is 22.7. The first-order valence-corrected chi connectivity index (χ1v) is 10.4. The molecule has 31 heavy (non-hydrogen) atoms. The second kappa shape index (κ2) is 8.61. The Bertz CT molecular complexity index is 860. The van der Waals surface area contributed by atoms with Crippen molar-refractivity contribution in [3.05, 3.63) is 41.6 Å². The lowest BCUT2D eigenvalue weighted by atomic mass is 9.90. The zero-order valence-corrected chi connectivity index (χ0v) is 18.7. The smallest absolute Gasteiger partial charge is 0.410 e. The molecule has 0 radical (unpaired) electrons. The molecule has 8 heteroatoms. The molecule has 168 valence electrons. The minimum Gasteiger partial charge on any atom is -0.444 e. The van der Waals surface area contributed by atoms with Gasteiger partial charge in [-0.05, 0) is 51.3 Å². The first-order chi connectivity index (χ1) is 14.4. The van der Waals surface area contributed by atoms with E-state index in [9.17, 15) is 14.4 Å². The van der Waals surface area contributed by atoms with E-state index in [0.717, 1.165) is 18.4 Å². The quantitative estimate of drug-likeness (QED) is 0.441. The van der Waals surface area contributed by atoms with Gasteiger partial charge in [-0.1, -0.05) is 12.1 Å². The van der Waals surface area contributed by atoms with E-state index in [2.05, 4.69) is 5.32 Å². The summed E-state index contributed by atoms with van der Waals surface area (Å²) in [5.74, 6) is -2.50. The van der Waals surface area contributed by atoms with Gasteiger partial charge < -0.3 is 24.4 Å². The maximum absolute atomic E-state index is 12.4. The molecule has 3 rings (SSSR count). The van der Waals surface area contributed by atoms with Crippen LogP contribution in [0.1, 0.15) is 58.9 Å². The van der Waals surface area contributed by atoms with E-state index in [4.69, 9.17) is 14.2 Å². The highest BCUT2D eigenvalue weighted by Crippen LogP contribution is 2.29. The number of anilines is 1. The van der Waals surface area contributed by atoms with E-state index in [1.165, 1.54) is 20.0 Å². The Morgan fingerprint density at radius 3 is 2.35 bits per heavy atom. The molecule has 2 aliphatic heterocycles. The van der Waals surface area contributed by atoms with E-state index in [1.807, 2.05) is 45.0 Å². The molecule has 0 bridgehead atoms. The van der Waals surface area contributed by atoms with Crippen LogP contribution in [-0.2, 0) is 23.8 Å². The third-order valence-electron chi connectivity index (χ3n) is 4.96. The lowest BCUT2D eigenvalue weighted by Gasteiger charge is -2.34. The Labute approximate surface area is 182 Å². The number of carbonyl (C=O) groups excluding carboxylic acids is 3. The van der Waals surface area contributed by atoms with Gasteiger partial charge in [-0.25, -0.2) is 14.4 Å². The lowest BCUT2D eigenvalue weighted by molar-refractivity contribution is -0.222. The lowest BCUT2D eigenvalue weighted by Crippen LogP contribution is -2.42. The number of carbonyl (C=O) groups is 3. The van der Waals surface area contributed by atoms with Gasteiger partial charge in [0.15, 0.2) is 5.57 Å². The average molecular weight is 431 g/mol. The summed E-state index contributed by atoms with van der Waals surface area (Å²) in [6, 6.07) is 7.68. The van der Waals surface area contributed by atoms with E-state index < -0.39 is 23.3 Å². The summed E-state index contributed by atoms with van der Waals surface area (Å²) in [6.45, 7) is 9.89. The highest BCUT2D eigenvalue weighted by molar-refractivity contribution is 6.15. The fourth-order valence-electron chi connectivity index (χ4n) is 3.53. The van der Waals surface area contributed by atoms with Gasteiger partial charge in [-0.2, -0.15) is 0 Å². The van der Waals surface area contributed by atoms with Crippen LogP contribution in [-0.4, -0.2) is 47.4 Å². The van der Waals surface area contributed by atoms with Crippen LogP contribution in [0.3, 0.4) is 0 Å². The monoisotopic (exact) mass is 430 g/mol. The van der Waals surface area contributed by atoms with Gasteiger partial charge in [0.25, 0.3) is 5.79 Å². The summed E-state index contributed by atoms with van der Waals surface area (Å²) in [4.78, 5) is 38.1. The molecule has 0 spiro atoms. The second-order valence-electron chi connectivity index (χ2n) is 9.27. The van der Waals surface area contributed by atoms with Crippen molar-refractivity contribution in [2.75, 3.05) is 18.4 Å². The van der Waals surface area contributed by atoms with E-state index >= 15 is 0 Å². The Balaban J connectivity index is 1.62. The SMILES string of the molecule is CC(C)(C)OC(=O)N1CCCC(c2ccc(NC=C3C(=O)OC(C)(C)OC3=O)cc2)C1. The third kappa shape index (κ3) is 5.99. The van der Waals surface area contributed by atoms with Gasteiger partial charge in [0.1, 0.15) is 5.60 Å². The molecule has 2 aliphatic rings. The normalized spacial score (nSPS) is 21.1. The third-order valence-corrected chi connectivity index (χ3v) is 4.96. The van der Waals surface area contributed by atoms with Crippen molar-refractivity contribution in [2.45, 2.75) is 64.8 Å². The fraction of sp³-hybridized carbons (Fsp3) is 0.522. The molecule has 0 aromatic heterocycles. The second-order valence-corrected chi connectivity index (χ2v) is 9.27. The van der Waals surface area contributed by atoms with Gasteiger partial charge in [0.05, 0.1) is 0 Å². The van der Waals surface area contributed by atoms with Crippen LogP contribution in [0.5, 0.6) is 0 Å². The molecule has 1 atom stereocenters. The summed E-state index contributed by atoms with van der Waals surface area (Å²) in [6.07, 6.45) is 2.91. The van der Waals surface area contributed by atoms with E-state index in [1.54, 1.807) is 4.90 Å². The summed E-state index contributed by atoms with van der Waals surface area (Å²) in [7, 11) is 0. The minimum atomic E-state index is -1.26. The number of piperidine rings is 1. The number of amides is 1. The summed E-state index contributed by atoms with van der Waals surface area (Å²) < 4.78 is 15.6. The number of likely N-dealkylation sites (tertiary alicyclic amines) is 1. The zero-order valence-electron chi connectivity index (χ0n) is 18.7. The molecule has 2 heterocycles. The Morgan fingerprint density at radius 2 is 1.77 bits per heavy atom. The van der Waals surface area contributed by atoms with Gasteiger partial charge in [0, 0.05) is 44.7 Å². The number of cyclic esters (lactones) is 2. The van der Waals surface area contributed by atoms with Crippen molar-refractivity contribution in [2.24, 2.45) is 0 Å². The van der Waals surface area contributed by atoms with Crippen LogP contribution >= 0.6 is 0 Å². The van der Waals surface area contributed by atoms with Crippen LogP contribution < -0.4 is 5.32 Å². The molecular formula is C23H30N2O6. The number of benzene rings is 1. The summed E-state index contributed by atoms with van der Waals surface area (Å²) in [5.41, 5.74) is 1.12. The Hall–Kier alpha value is -3.03. The van der Waals surface area contributed by atoms with Crippen molar-refractivity contribution in [1.29, 1.82) is 0 Å². The predicted octanol–water partition coefficient (Wildman–Crippen LogP) is 3.93. The number of nitrogens with one attached hydrogen (secondary N) is 1. The van der Waals surface area contributed by atoms with E-state index in [0.29, 0.717) is 18.8 Å². The molecule has 1 unspecified atom stereocenters. The number of hydrogen-bond acceptors (Lipinski definition) is 7. The molecule has 0 saturated carbocycles. The maximum atomic E-state index is 12.4. The highest BCUT2D eigenvalue weighted by atomic mass is 16.7. The standard InChI is InChI=1S/C23H30N2O6/c1-22(2,3)31-21(28)25-12-6-7-16(14-25)15-8-10-17(11-9-15)24-13-18-19(26)29-23(4,5)30-20(18)27/h8-11,13,16,24H,6-7,12,14H2,1-5H3. The first-order valence-electron chi connectivity index (χ1n) is 10.4. The van der Waals surface area contributed by atoms with Crippen molar-refractivity contribution >= 4 is 23.7 Å². The zero-order chi connectivity index (χ0) is 22.8. The number of hydrogen-bond donors (Lipinski definition) is 1. The number of esters is 2. The van der Waals surface area contributed by atoms with Crippen molar-refractivity contribution in [3.63, 3.8) is 0 Å². The van der Waals surface area contributed by atoms with Gasteiger partial charge in [-0.3, -0.25) is 0 Å². The number of ether oxygens (including phenoxy) is 3. The summed E-state index contributed by atoms with van der Waals surface area (Å²) in [5, 5.41) is 2.94. The molecule has 1 aromatic rings. The molecule has 1 amide bonds. The maximum Gasteiger partial charge on any atom is 0.410 e. The molecule has 1 N–H and O–H groups in total. The van der Waals surface area contributed by atoms with Gasteiger partial charge in [0.2, 0.25) is 0 Å². The topological polar surface area (TPSA) is 94.2 Å². The Kier molecular flexibility index (Phi) is 6.29. The minimum absolute atomic E-state index is 0.191. The van der Waals surface area contributed by atoms with Gasteiger partial charge >= 0.3 is 18.0 Å². The highest BCUT2D eigenvalue weighted by Gasteiger charge is 2.39. The largest absolute Gasteiger partial charge is 0.444 e. The fourth-order valence-corrected chi connectivity index (χ4v) is 3.53. The van der Waals surface area contributed by atoms with Crippen LogP contribution in [0, 0.1) is 0 Å². The predicted molar refractivity (Wildman–Crippen MR) is 114 cm³/mol. The molecule has 1 aromatic carbocycles. The number of nitrogens with zero attached hydrogens (tertiary/aromatic N) is 1. The van der Waals surface area contributed by atoms with Crippen molar-refractivity contribution in [3.8, 4) is 0 Å². The average Bonchev–Trinajstić information content (AvgIpc) is 2.66. The van der Waals surface area contributed by atoms with Crippen LogP contribution in [0.15, 0.2) is 36.0 Å². The molecule has 2 saturated heterocycles. The molecular weight excluding hydrogens is 400 g/mol. The molecule has 2 fully saturated rings. The summed E-state index contributed by atoms with van der Waals surface area (Å²) >= 11 is 0. The molecule has 0 aliphatic carbocycles.